The standard InChI is InChI=1S/C21H25FO.C5H10O/c1-15-14-20(23)10-11-21(15)19-8-6-18(7-9-19)17-4-2-16(3-5-17)12-13-22;1-2-3-4-5-6/h6-11,14,16-17,23H,2-5,12-13H2,1H3;2,6H,1,3-5H2. The van der Waals surface area contributed by atoms with Crippen LogP contribution in [0.15, 0.2) is 55.1 Å². The predicted octanol–water partition coefficient (Wildman–Crippen LogP) is 6.95. The van der Waals surface area contributed by atoms with E-state index in [2.05, 4.69) is 30.8 Å². The summed E-state index contributed by atoms with van der Waals surface area (Å²) < 4.78 is 12.4. The van der Waals surface area contributed by atoms with Crippen molar-refractivity contribution in [3.05, 3.63) is 66.2 Å². The Balaban J connectivity index is 0.000000438. The topological polar surface area (TPSA) is 40.5 Å². The van der Waals surface area contributed by atoms with Crippen LogP contribution in [0.1, 0.15) is 62.0 Å². The number of aromatic hydroxyl groups is 1. The normalized spacial score (nSPS) is 18.6. The van der Waals surface area contributed by atoms with Crippen molar-refractivity contribution in [2.45, 2.75) is 57.8 Å². The highest BCUT2D eigenvalue weighted by molar-refractivity contribution is 5.68. The molecule has 2 nitrogen and oxygen atoms in total. The van der Waals surface area contributed by atoms with E-state index in [0.717, 1.165) is 37.7 Å². The largest absolute Gasteiger partial charge is 0.508 e. The number of aliphatic hydroxyl groups is 1. The summed E-state index contributed by atoms with van der Waals surface area (Å²) in [5.74, 6) is 1.53. The van der Waals surface area contributed by atoms with Crippen LogP contribution in [0.2, 0.25) is 0 Å². The second kappa shape index (κ2) is 12.4. The predicted molar refractivity (Wildman–Crippen MR) is 120 cm³/mol. The minimum absolute atomic E-state index is 0.171. The number of unbranched alkanes of at least 4 members (excludes halogenated alkanes) is 1. The molecule has 1 saturated carbocycles. The highest BCUT2D eigenvalue weighted by atomic mass is 19.1. The Bertz CT molecular complexity index is 731. The fourth-order valence-electron chi connectivity index (χ4n) is 4.08. The lowest BCUT2D eigenvalue weighted by atomic mass is 9.77. The van der Waals surface area contributed by atoms with Gasteiger partial charge < -0.3 is 10.2 Å². The van der Waals surface area contributed by atoms with Crippen LogP contribution < -0.4 is 0 Å². The van der Waals surface area contributed by atoms with E-state index in [1.54, 1.807) is 18.2 Å². The fraction of sp³-hybridized carbons (Fsp3) is 0.462. The summed E-state index contributed by atoms with van der Waals surface area (Å²) in [5, 5.41) is 17.7. The van der Waals surface area contributed by atoms with Gasteiger partial charge in [0.1, 0.15) is 5.75 Å². The van der Waals surface area contributed by atoms with Gasteiger partial charge in [-0.3, -0.25) is 4.39 Å². The number of alkyl halides is 1. The van der Waals surface area contributed by atoms with E-state index in [1.165, 1.54) is 29.5 Å². The molecule has 2 N–H and O–H groups in total. The number of phenols is 1. The van der Waals surface area contributed by atoms with Crippen molar-refractivity contribution in [2.75, 3.05) is 13.3 Å². The molecule has 0 radical (unpaired) electrons. The van der Waals surface area contributed by atoms with E-state index in [9.17, 15) is 9.50 Å². The van der Waals surface area contributed by atoms with Gasteiger partial charge in [0.25, 0.3) is 0 Å². The van der Waals surface area contributed by atoms with Gasteiger partial charge in [-0.2, -0.15) is 0 Å². The van der Waals surface area contributed by atoms with Crippen LogP contribution in [0.5, 0.6) is 5.75 Å². The number of phenolic OH excluding ortho intramolecular Hbond substituents is 1. The van der Waals surface area contributed by atoms with Gasteiger partial charge in [-0.25, -0.2) is 0 Å². The SMILES string of the molecule is C=CCCCO.Cc1cc(O)ccc1-c1ccc(C2CCC(CCF)CC2)cc1. The number of aliphatic hydroxyl groups excluding tert-OH is 1. The average molecular weight is 399 g/mol. The molecule has 0 spiro atoms. The zero-order valence-electron chi connectivity index (χ0n) is 17.6. The minimum atomic E-state index is -0.171. The maximum Gasteiger partial charge on any atom is 0.115 e. The fourth-order valence-corrected chi connectivity index (χ4v) is 4.08. The van der Waals surface area contributed by atoms with E-state index >= 15 is 0 Å². The third-order valence-electron chi connectivity index (χ3n) is 5.83. The maximum absolute atomic E-state index is 12.4. The Morgan fingerprint density at radius 1 is 1.07 bits per heavy atom. The zero-order chi connectivity index (χ0) is 21.1. The summed E-state index contributed by atoms with van der Waals surface area (Å²) in [6, 6.07) is 14.4. The molecule has 0 atom stereocenters. The van der Waals surface area contributed by atoms with Crippen molar-refractivity contribution in [1.82, 2.24) is 0 Å². The van der Waals surface area contributed by atoms with Gasteiger partial charge in [0, 0.05) is 6.61 Å². The molecule has 29 heavy (non-hydrogen) atoms. The van der Waals surface area contributed by atoms with Crippen LogP contribution in [0.4, 0.5) is 4.39 Å². The molecular weight excluding hydrogens is 363 g/mol. The van der Waals surface area contributed by atoms with Crippen molar-refractivity contribution >= 4 is 0 Å². The van der Waals surface area contributed by atoms with Crippen molar-refractivity contribution in [3.63, 3.8) is 0 Å². The number of hydrogen-bond acceptors (Lipinski definition) is 2. The lowest BCUT2D eigenvalue weighted by Crippen LogP contribution is -2.13. The molecule has 0 unspecified atom stereocenters. The molecule has 3 heteroatoms. The molecule has 1 fully saturated rings. The first-order valence-electron chi connectivity index (χ1n) is 10.8. The zero-order valence-corrected chi connectivity index (χ0v) is 17.6. The van der Waals surface area contributed by atoms with Crippen LogP contribution in [-0.4, -0.2) is 23.5 Å². The summed E-state index contributed by atoms with van der Waals surface area (Å²) in [6.07, 6.45) is 9.01. The van der Waals surface area contributed by atoms with Gasteiger partial charge in [0.05, 0.1) is 6.67 Å². The molecular formula is C26H35FO2. The Hall–Kier alpha value is -2.13. The third-order valence-corrected chi connectivity index (χ3v) is 5.83. The summed E-state index contributed by atoms with van der Waals surface area (Å²) in [5.41, 5.74) is 4.85. The number of hydrogen-bond donors (Lipinski definition) is 2. The second-order valence-corrected chi connectivity index (χ2v) is 7.97. The molecule has 1 aliphatic rings. The number of rotatable bonds is 7. The number of benzene rings is 2. The van der Waals surface area contributed by atoms with Crippen LogP contribution in [0, 0.1) is 12.8 Å². The minimum Gasteiger partial charge on any atom is -0.508 e. The Morgan fingerprint density at radius 2 is 1.76 bits per heavy atom. The van der Waals surface area contributed by atoms with Gasteiger partial charge in [-0.05, 0) is 98.1 Å². The Morgan fingerprint density at radius 3 is 2.28 bits per heavy atom. The lowest BCUT2D eigenvalue weighted by molar-refractivity contribution is 0.283. The highest BCUT2D eigenvalue weighted by Crippen LogP contribution is 2.38. The van der Waals surface area contributed by atoms with Crippen molar-refractivity contribution < 1.29 is 14.6 Å². The molecule has 0 bridgehead atoms. The van der Waals surface area contributed by atoms with Crippen LogP contribution in [0.25, 0.3) is 11.1 Å². The number of halogens is 1. The number of allylic oxidation sites excluding steroid dienone is 1. The second-order valence-electron chi connectivity index (χ2n) is 7.97. The molecule has 158 valence electrons. The van der Waals surface area contributed by atoms with Gasteiger partial charge in [0.15, 0.2) is 0 Å². The van der Waals surface area contributed by atoms with E-state index in [1.807, 2.05) is 13.0 Å². The van der Waals surface area contributed by atoms with E-state index in [-0.39, 0.29) is 13.3 Å². The highest BCUT2D eigenvalue weighted by Gasteiger charge is 2.22. The lowest BCUT2D eigenvalue weighted by Gasteiger charge is -2.28. The smallest absolute Gasteiger partial charge is 0.115 e. The Labute approximate surface area is 175 Å². The van der Waals surface area contributed by atoms with Crippen LogP contribution in [0.3, 0.4) is 0 Å². The molecule has 1 aliphatic carbocycles. The molecule has 0 heterocycles. The van der Waals surface area contributed by atoms with E-state index in [0.29, 0.717) is 17.6 Å². The molecule has 0 saturated heterocycles. The summed E-state index contributed by atoms with van der Waals surface area (Å²) in [6.45, 7) is 5.62. The molecule has 2 aromatic rings. The molecule has 2 aromatic carbocycles. The Kier molecular flexibility index (Phi) is 9.93. The summed E-state index contributed by atoms with van der Waals surface area (Å²) in [7, 11) is 0. The van der Waals surface area contributed by atoms with Crippen molar-refractivity contribution in [3.8, 4) is 16.9 Å². The van der Waals surface area contributed by atoms with Gasteiger partial charge >= 0.3 is 0 Å². The van der Waals surface area contributed by atoms with E-state index < -0.39 is 0 Å². The summed E-state index contributed by atoms with van der Waals surface area (Å²) in [4.78, 5) is 0. The average Bonchev–Trinajstić information content (AvgIpc) is 2.74. The quantitative estimate of drug-likeness (QED) is 0.391. The van der Waals surface area contributed by atoms with Crippen LogP contribution in [-0.2, 0) is 0 Å². The van der Waals surface area contributed by atoms with E-state index in [4.69, 9.17) is 5.11 Å². The molecule has 0 amide bonds. The maximum atomic E-state index is 12.4. The van der Waals surface area contributed by atoms with Crippen molar-refractivity contribution in [2.24, 2.45) is 5.92 Å². The molecule has 0 aliphatic heterocycles. The number of aryl methyl sites for hydroxylation is 1. The van der Waals surface area contributed by atoms with Crippen molar-refractivity contribution in [1.29, 1.82) is 0 Å². The first-order valence-corrected chi connectivity index (χ1v) is 10.8. The monoisotopic (exact) mass is 398 g/mol. The van der Waals surface area contributed by atoms with Gasteiger partial charge in [0.2, 0.25) is 0 Å². The van der Waals surface area contributed by atoms with Crippen LogP contribution >= 0.6 is 0 Å². The third kappa shape index (κ3) is 7.32. The first kappa shape index (κ1) is 23.2. The first-order chi connectivity index (χ1) is 14.1. The molecule has 3 rings (SSSR count). The summed E-state index contributed by atoms with van der Waals surface area (Å²) >= 11 is 0. The molecule has 0 aromatic heterocycles. The van der Waals surface area contributed by atoms with Gasteiger partial charge in [-0.15, -0.1) is 6.58 Å². The van der Waals surface area contributed by atoms with Gasteiger partial charge in [-0.1, -0.05) is 36.4 Å².